The first-order valence-electron chi connectivity index (χ1n) is 10.1. The van der Waals surface area contributed by atoms with E-state index in [1.54, 1.807) is 44.6 Å². The molecule has 0 aliphatic carbocycles. The Labute approximate surface area is 185 Å². The van der Waals surface area contributed by atoms with Crippen LogP contribution in [0, 0.1) is 0 Å². The largest absolute Gasteiger partial charge is 0.497 e. The molecule has 1 atom stereocenters. The number of methoxy groups -OCH3 is 2. The first kappa shape index (κ1) is 20.9. The summed E-state index contributed by atoms with van der Waals surface area (Å²) in [6.07, 6.45) is 1.81. The van der Waals surface area contributed by atoms with E-state index in [0.717, 1.165) is 29.9 Å². The van der Waals surface area contributed by atoms with Crippen molar-refractivity contribution in [2.24, 2.45) is 0 Å². The van der Waals surface area contributed by atoms with Gasteiger partial charge in [-0.05, 0) is 60.7 Å². The number of likely N-dealkylation sites (tertiary alicyclic amines) is 1. The molecule has 0 bridgehead atoms. The van der Waals surface area contributed by atoms with Gasteiger partial charge in [-0.25, -0.2) is 0 Å². The number of nitrogens with one attached hydrogen (secondary N) is 1. The predicted octanol–water partition coefficient (Wildman–Crippen LogP) is 4.99. The Hall–Kier alpha value is -3.32. The van der Waals surface area contributed by atoms with Crippen LogP contribution in [0.15, 0.2) is 60.0 Å². The first-order valence-corrected chi connectivity index (χ1v) is 11.0. The Morgan fingerprint density at radius 1 is 1.06 bits per heavy atom. The lowest BCUT2D eigenvalue weighted by molar-refractivity contribution is 0.0734. The van der Waals surface area contributed by atoms with E-state index in [9.17, 15) is 9.59 Å². The van der Waals surface area contributed by atoms with Gasteiger partial charge in [-0.1, -0.05) is 6.07 Å². The number of hydrogen-bond acceptors (Lipinski definition) is 5. The van der Waals surface area contributed by atoms with Gasteiger partial charge in [-0.15, -0.1) is 11.3 Å². The number of carbonyl (C=O) groups excluding carboxylic acids is 2. The summed E-state index contributed by atoms with van der Waals surface area (Å²) in [6, 6.07) is 16.3. The molecule has 1 aliphatic rings. The van der Waals surface area contributed by atoms with E-state index in [2.05, 4.69) is 5.32 Å². The summed E-state index contributed by atoms with van der Waals surface area (Å²) in [7, 11) is 3.24. The van der Waals surface area contributed by atoms with Gasteiger partial charge >= 0.3 is 0 Å². The van der Waals surface area contributed by atoms with Crippen LogP contribution in [0.1, 0.15) is 44.5 Å². The van der Waals surface area contributed by atoms with Gasteiger partial charge < -0.3 is 19.7 Å². The summed E-state index contributed by atoms with van der Waals surface area (Å²) in [6.45, 7) is 0.690. The maximum absolute atomic E-state index is 13.2. The molecular formula is C24H24N2O4S. The van der Waals surface area contributed by atoms with Crippen LogP contribution in [0.4, 0.5) is 5.69 Å². The lowest BCUT2D eigenvalue weighted by atomic mass is 10.0. The molecule has 2 amide bonds. The molecule has 31 heavy (non-hydrogen) atoms. The van der Waals surface area contributed by atoms with Gasteiger partial charge in [-0.3, -0.25) is 9.59 Å². The Morgan fingerprint density at radius 3 is 2.55 bits per heavy atom. The zero-order chi connectivity index (χ0) is 21.8. The van der Waals surface area contributed by atoms with E-state index in [-0.39, 0.29) is 17.9 Å². The van der Waals surface area contributed by atoms with E-state index in [1.165, 1.54) is 11.3 Å². The summed E-state index contributed by atoms with van der Waals surface area (Å²) >= 11 is 1.39. The molecule has 1 fully saturated rings. The zero-order valence-electron chi connectivity index (χ0n) is 17.5. The average Bonchev–Trinajstić information content (AvgIpc) is 3.51. The van der Waals surface area contributed by atoms with Crippen molar-refractivity contribution in [3.8, 4) is 11.5 Å². The fourth-order valence-electron chi connectivity index (χ4n) is 3.89. The molecule has 1 N–H and O–H groups in total. The second-order valence-electron chi connectivity index (χ2n) is 7.27. The van der Waals surface area contributed by atoms with Gasteiger partial charge in [0.25, 0.3) is 11.8 Å². The third-order valence-corrected chi connectivity index (χ3v) is 6.32. The molecular weight excluding hydrogens is 412 g/mol. The van der Waals surface area contributed by atoms with Gasteiger partial charge in [0.15, 0.2) is 0 Å². The Balaban J connectivity index is 1.50. The molecule has 0 saturated carbocycles. The van der Waals surface area contributed by atoms with Gasteiger partial charge in [0.05, 0.1) is 25.1 Å². The monoisotopic (exact) mass is 436 g/mol. The minimum Gasteiger partial charge on any atom is -0.497 e. The van der Waals surface area contributed by atoms with Crippen LogP contribution in [0.3, 0.4) is 0 Å². The van der Waals surface area contributed by atoms with Gasteiger partial charge in [0, 0.05) is 29.4 Å². The van der Waals surface area contributed by atoms with Crippen LogP contribution in [0.5, 0.6) is 11.5 Å². The highest BCUT2D eigenvalue weighted by molar-refractivity contribution is 7.12. The van der Waals surface area contributed by atoms with Crippen molar-refractivity contribution < 1.29 is 19.1 Å². The van der Waals surface area contributed by atoms with Crippen molar-refractivity contribution in [1.29, 1.82) is 0 Å². The van der Waals surface area contributed by atoms with Crippen LogP contribution in [0.2, 0.25) is 0 Å². The van der Waals surface area contributed by atoms with Crippen LogP contribution in [-0.2, 0) is 0 Å². The first-order chi connectivity index (χ1) is 15.1. The predicted molar refractivity (Wildman–Crippen MR) is 121 cm³/mol. The highest BCUT2D eigenvalue weighted by Gasteiger charge is 2.32. The van der Waals surface area contributed by atoms with E-state index in [1.807, 2.05) is 34.5 Å². The van der Waals surface area contributed by atoms with Gasteiger partial charge in [0.1, 0.15) is 11.5 Å². The van der Waals surface area contributed by atoms with Crippen LogP contribution >= 0.6 is 11.3 Å². The average molecular weight is 437 g/mol. The zero-order valence-corrected chi connectivity index (χ0v) is 18.3. The van der Waals surface area contributed by atoms with Gasteiger partial charge in [0.2, 0.25) is 0 Å². The maximum atomic E-state index is 13.2. The fourth-order valence-corrected chi connectivity index (χ4v) is 4.51. The van der Waals surface area contributed by atoms with Crippen molar-refractivity contribution in [3.05, 3.63) is 76.0 Å². The quantitative estimate of drug-likeness (QED) is 0.591. The highest BCUT2D eigenvalue weighted by atomic mass is 32.1. The molecule has 1 aromatic heterocycles. The summed E-state index contributed by atoms with van der Waals surface area (Å²) in [4.78, 5) is 28.0. The summed E-state index contributed by atoms with van der Waals surface area (Å²) in [5.41, 5.74) is 2.23. The molecule has 1 aliphatic heterocycles. The second kappa shape index (κ2) is 9.22. The molecule has 160 valence electrons. The number of anilines is 1. The van der Waals surface area contributed by atoms with E-state index < -0.39 is 0 Å². The third kappa shape index (κ3) is 4.41. The number of benzene rings is 2. The molecule has 3 aromatic rings. The molecule has 0 spiro atoms. The Bertz CT molecular complexity index is 1060. The van der Waals surface area contributed by atoms with Crippen molar-refractivity contribution >= 4 is 28.8 Å². The van der Waals surface area contributed by atoms with Crippen molar-refractivity contribution in [2.45, 2.75) is 18.9 Å². The summed E-state index contributed by atoms with van der Waals surface area (Å²) in [5.74, 6) is 1.25. The molecule has 2 aromatic carbocycles. The molecule has 7 heteroatoms. The number of thiophene rings is 1. The molecule has 1 saturated heterocycles. The SMILES string of the molecule is COc1ccc(C2CCCN2C(=O)c2ccc(NC(=O)c3cccs3)cc2)c(OC)c1. The van der Waals surface area contributed by atoms with E-state index in [0.29, 0.717) is 22.7 Å². The normalized spacial score (nSPS) is 15.5. The molecule has 2 heterocycles. The third-order valence-electron chi connectivity index (χ3n) is 5.45. The van der Waals surface area contributed by atoms with Crippen LogP contribution < -0.4 is 14.8 Å². The second-order valence-corrected chi connectivity index (χ2v) is 8.22. The number of carbonyl (C=O) groups is 2. The number of nitrogens with zero attached hydrogens (tertiary/aromatic N) is 1. The topological polar surface area (TPSA) is 67.9 Å². The maximum Gasteiger partial charge on any atom is 0.265 e. The molecule has 4 rings (SSSR count). The lowest BCUT2D eigenvalue weighted by Gasteiger charge is -2.26. The van der Waals surface area contributed by atoms with E-state index >= 15 is 0 Å². The summed E-state index contributed by atoms with van der Waals surface area (Å²) in [5, 5.41) is 4.72. The Kier molecular flexibility index (Phi) is 6.23. The number of amides is 2. The highest BCUT2D eigenvalue weighted by Crippen LogP contribution is 2.39. The lowest BCUT2D eigenvalue weighted by Crippen LogP contribution is -2.30. The van der Waals surface area contributed by atoms with Crippen molar-refractivity contribution in [2.75, 3.05) is 26.1 Å². The minimum absolute atomic E-state index is 0.0310. The van der Waals surface area contributed by atoms with Crippen LogP contribution in [0.25, 0.3) is 0 Å². The summed E-state index contributed by atoms with van der Waals surface area (Å²) < 4.78 is 10.9. The Morgan fingerprint density at radius 2 is 1.87 bits per heavy atom. The molecule has 1 unspecified atom stereocenters. The number of hydrogen-bond donors (Lipinski definition) is 1. The number of rotatable bonds is 6. The number of ether oxygens (including phenoxy) is 2. The smallest absolute Gasteiger partial charge is 0.265 e. The fraction of sp³-hybridized carbons (Fsp3) is 0.250. The molecule has 6 nitrogen and oxygen atoms in total. The van der Waals surface area contributed by atoms with Crippen molar-refractivity contribution in [1.82, 2.24) is 4.90 Å². The minimum atomic E-state index is -0.153. The van der Waals surface area contributed by atoms with Gasteiger partial charge in [-0.2, -0.15) is 0 Å². The van der Waals surface area contributed by atoms with E-state index in [4.69, 9.17) is 9.47 Å². The van der Waals surface area contributed by atoms with Crippen LogP contribution in [-0.4, -0.2) is 37.5 Å². The molecule has 0 radical (unpaired) electrons. The standard InChI is InChI=1S/C24H24N2O4S/c1-29-18-11-12-19(21(15-18)30-2)20-5-3-13-26(20)24(28)16-7-9-17(10-8-16)25-23(27)22-6-4-14-31-22/h4,6-12,14-15,20H,3,5,13H2,1-2H3,(H,25,27). The van der Waals surface area contributed by atoms with Crippen molar-refractivity contribution in [3.63, 3.8) is 0 Å².